The average Bonchev–Trinajstić information content (AvgIpc) is 3.74. The van der Waals surface area contributed by atoms with Crippen molar-refractivity contribution in [2.75, 3.05) is 46.3 Å². The number of nitrogens with two attached hydrogens (primary N) is 1. The number of nitriles is 1. The first-order chi connectivity index (χ1) is 16.9. The Balaban J connectivity index is 0.000000253. The molecule has 2 aliphatic rings. The summed E-state index contributed by atoms with van der Waals surface area (Å²) in [5, 5.41) is 11.3. The van der Waals surface area contributed by atoms with Gasteiger partial charge in [-0.1, -0.05) is 19.1 Å². The van der Waals surface area contributed by atoms with Gasteiger partial charge in [-0.3, -0.25) is 9.59 Å². The minimum atomic E-state index is -0.304. The number of benzene rings is 2. The molecular weight excluding hydrogens is 445 g/mol. The van der Waals surface area contributed by atoms with Gasteiger partial charge in [-0.05, 0) is 80.7 Å². The normalized spacial score (nSPS) is 15.0. The number of nitrogens with zero attached hydrogens (tertiary/aromatic N) is 3. The Morgan fingerprint density at radius 2 is 1.63 bits per heavy atom. The van der Waals surface area contributed by atoms with E-state index in [0.29, 0.717) is 24.2 Å². The lowest BCUT2D eigenvalue weighted by atomic mass is 10.1. The van der Waals surface area contributed by atoms with Crippen molar-refractivity contribution in [2.24, 2.45) is 5.73 Å². The Labute approximate surface area is 207 Å². The molecule has 1 saturated carbocycles. The number of halogens is 1. The standard InChI is InChI=1S/C15H18N4O2.C9H9F.C3H9N/c1-18-6-8-19(9-7-18)14(20)11-17-15(21)13-4-2-12(10-16)3-5-13;10-9-5-3-8(4-6-9)7-1-2-7;1-2-3-4/h2-5H,6-9,11H2,1H3,(H,17,21);3-7H,1-2H2;2-4H2,1H3. The van der Waals surface area contributed by atoms with Crippen LogP contribution in [0.2, 0.25) is 0 Å². The van der Waals surface area contributed by atoms with Crippen molar-refractivity contribution in [1.82, 2.24) is 15.1 Å². The van der Waals surface area contributed by atoms with Crippen LogP contribution in [0, 0.1) is 17.1 Å². The first kappa shape index (κ1) is 28.0. The molecule has 1 saturated heterocycles. The Morgan fingerprint density at radius 3 is 2.11 bits per heavy atom. The molecule has 35 heavy (non-hydrogen) atoms. The number of carbonyl (C=O) groups excluding carboxylic acids is 2. The number of amides is 2. The van der Waals surface area contributed by atoms with Gasteiger partial charge < -0.3 is 20.9 Å². The van der Waals surface area contributed by atoms with E-state index in [2.05, 4.69) is 17.1 Å². The molecule has 2 aromatic carbocycles. The number of rotatable bonds is 5. The van der Waals surface area contributed by atoms with E-state index in [1.807, 2.05) is 25.2 Å². The number of hydrogen-bond donors (Lipinski definition) is 2. The third kappa shape index (κ3) is 10.3. The molecule has 1 aliphatic heterocycles. The zero-order chi connectivity index (χ0) is 25.6. The van der Waals surface area contributed by atoms with E-state index in [-0.39, 0.29) is 24.2 Å². The van der Waals surface area contributed by atoms with Gasteiger partial charge in [0, 0.05) is 31.7 Å². The third-order valence-electron chi connectivity index (χ3n) is 5.74. The van der Waals surface area contributed by atoms with E-state index in [4.69, 9.17) is 11.0 Å². The highest BCUT2D eigenvalue weighted by Crippen LogP contribution is 2.39. The van der Waals surface area contributed by atoms with Crippen LogP contribution in [-0.2, 0) is 4.79 Å². The average molecular weight is 482 g/mol. The van der Waals surface area contributed by atoms with Crippen LogP contribution in [0.4, 0.5) is 4.39 Å². The molecule has 188 valence electrons. The summed E-state index contributed by atoms with van der Waals surface area (Å²) in [6.45, 7) is 5.98. The molecule has 2 fully saturated rings. The fourth-order valence-electron chi connectivity index (χ4n) is 3.27. The molecule has 2 aromatic rings. The van der Waals surface area contributed by atoms with E-state index in [9.17, 15) is 14.0 Å². The highest BCUT2D eigenvalue weighted by Gasteiger charge is 2.22. The molecule has 0 aromatic heterocycles. The molecule has 4 rings (SSSR count). The summed E-state index contributed by atoms with van der Waals surface area (Å²) >= 11 is 0. The molecule has 1 heterocycles. The second-order valence-corrected chi connectivity index (χ2v) is 8.67. The fraction of sp³-hybridized carbons (Fsp3) is 0.444. The summed E-state index contributed by atoms with van der Waals surface area (Å²) in [4.78, 5) is 27.8. The van der Waals surface area contributed by atoms with Gasteiger partial charge >= 0.3 is 0 Å². The molecule has 0 bridgehead atoms. The van der Waals surface area contributed by atoms with Crippen LogP contribution < -0.4 is 11.1 Å². The summed E-state index contributed by atoms with van der Waals surface area (Å²) in [7, 11) is 2.02. The summed E-state index contributed by atoms with van der Waals surface area (Å²) < 4.78 is 12.4. The Bertz CT molecular complexity index is 959. The number of carbonyl (C=O) groups is 2. The predicted molar refractivity (Wildman–Crippen MR) is 135 cm³/mol. The Kier molecular flexibility index (Phi) is 11.9. The highest BCUT2D eigenvalue weighted by molar-refractivity contribution is 5.96. The van der Waals surface area contributed by atoms with Gasteiger partial charge in [0.05, 0.1) is 18.2 Å². The van der Waals surface area contributed by atoms with Crippen LogP contribution in [0.5, 0.6) is 0 Å². The largest absolute Gasteiger partial charge is 0.343 e. The summed E-state index contributed by atoms with van der Waals surface area (Å²) in [5.41, 5.74) is 7.27. The number of nitrogens with one attached hydrogen (secondary N) is 1. The number of likely N-dealkylation sites (N-methyl/N-ethyl adjacent to an activating group) is 1. The molecule has 0 unspecified atom stereocenters. The van der Waals surface area contributed by atoms with E-state index in [0.717, 1.165) is 32.0 Å². The molecular formula is C27H36FN5O2. The number of hydrogen-bond acceptors (Lipinski definition) is 5. The summed E-state index contributed by atoms with van der Waals surface area (Å²) in [5.74, 6) is 0.233. The lowest BCUT2D eigenvalue weighted by Crippen LogP contribution is -2.50. The van der Waals surface area contributed by atoms with Gasteiger partial charge in [0.1, 0.15) is 5.82 Å². The third-order valence-corrected chi connectivity index (χ3v) is 5.74. The van der Waals surface area contributed by atoms with Crippen molar-refractivity contribution in [3.8, 4) is 6.07 Å². The molecule has 0 radical (unpaired) electrons. The maximum atomic E-state index is 12.4. The van der Waals surface area contributed by atoms with E-state index < -0.39 is 0 Å². The van der Waals surface area contributed by atoms with Gasteiger partial charge in [0.2, 0.25) is 5.91 Å². The minimum absolute atomic E-state index is 0.00253. The number of piperazine rings is 1. The van der Waals surface area contributed by atoms with Crippen molar-refractivity contribution in [1.29, 1.82) is 5.26 Å². The molecule has 8 heteroatoms. The van der Waals surface area contributed by atoms with E-state index in [1.54, 1.807) is 29.2 Å². The molecule has 1 aliphatic carbocycles. The van der Waals surface area contributed by atoms with Gasteiger partial charge in [0.25, 0.3) is 5.91 Å². The Morgan fingerprint density at radius 1 is 1.06 bits per heavy atom. The van der Waals surface area contributed by atoms with Crippen molar-refractivity contribution < 1.29 is 14.0 Å². The second-order valence-electron chi connectivity index (χ2n) is 8.67. The Hall–Kier alpha value is -3.28. The van der Waals surface area contributed by atoms with Crippen LogP contribution in [0.15, 0.2) is 48.5 Å². The van der Waals surface area contributed by atoms with Crippen LogP contribution in [-0.4, -0.2) is 67.9 Å². The molecule has 7 nitrogen and oxygen atoms in total. The zero-order valence-corrected chi connectivity index (χ0v) is 20.7. The fourth-order valence-corrected chi connectivity index (χ4v) is 3.27. The van der Waals surface area contributed by atoms with Crippen molar-refractivity contribution in [3.05, 3.63) is 71.0 Å². The van der Waals surface area contributed by atoms with Crippen LogP contribution in [0.3, 0.4) is 0 Å². The monoisotopic (exact) mass is 481 g/mol. The van der Waals surface area contributed by atoms with Crippen molar-refractivity contribution in [2.45, 2.75) is 32.1 Å². The maximum Gasteiger partial charge on any atom is 0.251 e. The van der Waals surface area contributed by atoms with Gasteiger partial charge in [-0.2, -0.15) is 5.26 Å². The highest BCUT2D eigenvalue weighted by atomic mass is 19.1. The topological polar surface area (TPSA) is 102 Å². The van der Waals surface area contributed by atoms with Gasteiger partial charge in [-0.25, -0.2) is 4.39 Å². The lowest BCUT2D eigenvalue weighted by molar-refractivity contribution is -0.131. The predicted octanol–water partition coefficient (Wildman–Crippen LogP) is 3.12. The summed E-state index contributed by atoms with van der Waals surface area (Å²) in [6, 6.07) is 15.1. The summed E-state index contributed by atoms with van der Waals surface area (Å²) in [6.07, 6.45) is 3.66. The first-order valence-electron chi connectivity index (χ1n) is 12.1. The second kappa shape index (κ2) is 14.9. The van der Waals surface area contributed by atoms with Crippen molar-refractivity contribution >= 4 is 11.8 Å². The van der Waals surface area contributed by atoms with E-state index >= 15 is 0 Å². The van der Waals surface area contributed by atoms with E-state index in [1.165, 1.54) is 30.5 Å². The first-order valence-corrected chi connectivity index (χ1v) is 12.1. The SMILES string of the molecule is CCCN.CN1CCN(C(=O)CNC(=O)c2ccc(C#N)cc2)CC1.Fc1ccc(C2CC2)cc1. The minimum Gasteiger partial charge on any atom is -0.343 e. The van der Waals surface area contributed by atoms with Crippen molar-refractivity contribution in [3.63, 3.8) is 0 Å². The van der Waals surface area contributed by atoms with Crippen LogP contribution in [0.25, 0.3) is 0 Å². The molecule has 0 atom stereocenters. The smallest absolute Gasteiger partial charge is 0.251 e. The molecule has 3 N–H and O–H groups in total. The van der Waals surface area contributed by atoms with Gasteiger partial charge in [0.15, 0.2) is 0 Å². The van der Waals surface area contributed by atoms with Gasteiger partial charge in [-0.15, -0.1) is 0 Å². The van der Waals surface area contributed by atoms with Crippen LogP contribution in [0.1, 0.15) is 53.6 Å². The maximum absolute atomic E-state index is 12.4. The zero-order valence-electron chi connectivity index (χ0n) is 20.7. The quantitative estimate of drug-likeness (QED) is 0.683. The molecule has 2 amide bonds. The lowest BCUT2D eigenvalue weighted by Gasteiger charge is -2.32. The van der Waals surface area contributed by atoms with Crippen LogP contribution >= 0.6 is 0 Å². The molecule has 0 spiro atoms.